The lowest BCUT2D eigenvalue weighted by Gasteiger charge is -2.11. The van der Waals surface area contributed by atoms with E-state index in [-0.39, 0.29) is 23.1 Å². The highest BCUT2D eigenvalue weighted by Crippen LogP contribution is 2.15. The molecule has 1 fully saturated rings. The highest BCUT2D eigenvalue weighted by atomic mass is 35.5. The van der Waals surface area contributed by atoms with Crippen molar-refractivity contribution in [2.45, 2.75) is 23.5 Å². The molecular formula is C13H17ClN2O4S. The largest absolute Gasteiger partial charge is 0.392 e. The van der Waals surface area contributed by atoms with E-state index in [1.807, 2.05) is 0 Å². The molecular weight excluding hydrogens is 316 g/mol. The summed E-state index contributed by atoms with van der Waals surface area (Å²) in [6.07, 6.45) is -0.186. The molecule has 0 saturated carbocycles. The van der Waals surface area contributed by atoms with Crippen molar-refractivity contribution in [1.82, 2.24) is 10.6 Å². The van der Waals surface area contributed by atoms with Crippen LogP contribution in [0.5, 0.6) is 0 Å². The van der Waals surface area contributed by atoms with Gasteiger partial charge in [0.05, 0.1) is 22.8 Å². The Morgan fingerprint density at radius 3 is 2.62 bits per heavy atom. The number of nitrogens with one attached hydrogen (secondary N) is 2. The van der Waals surface area contributed by atoms with E-state index in [0.717, 1.165) is 0 Å². The molecule has 0 aliphatic carbocycles. The minimum atomic E-state index is -3.45. The number of β-amino-alcohol motifs (C(OH)–C–C–N with tert-alkyl or cyclic N) is 1. The van der Waals surface area contributed by atoms with E-state index in [1.54, 1.807) is 0 Å². The van der Waals surface area contributed by atoms with Gasteiger partial charge in [-0.05, 0) is 30.7 Å². The number of hydrogen-bond acceptors (Lipinski definition) is 5. The van der Waals surface area contributed by atoms with Crippen LogP contribution >= 0.6 is 11.6 Å². The normalized spacial score (nSPS) is 22.2. The van der Waals surface area contributed by atoms with Crippen molar-refractivity contribution in [3.05, 3.63) is 29.3 Å². The Kier molecular flexibility index (Phi) is 5.21. The standard InChI is InChI=1S/C13H17ClN2O4S/c14-9-1-3-11(4-2-9)21(19,20)6-5-15-13(18)12-7-10(17)8-16-12/h1-4,10,12,16-17H,5-8H2,(H,15,18)/t10-,12-/m1/s1. The lowest BCUT2D eigenvalue weighted by atomic mass is 10.2. The van der Waals surface area contributed by atoms with E-state index in [0.29, 0.717) is 18.0 Å². The number of aliphatic hydroxyl groups is 1. The molecule has 116 valence electrons. The first-order chi connectivity index (χ1) is 9.88. The van der Waals surface area contributed by atoms with Gasteiger partial charge in [0.15, 0.2) is 9.84 Å². The van der Waals surface area contributed by atoms with E-state index in [2.05, 4.69) is 10.6 Å². The second kappa shape index (κ2) is 6.74. The molecule has 0 radical (unpaired) electrons. The van der Waals surface area contributed by atoms with E-state index in [1.165, 1.54) is 24.3 Å². The van der Waals surface area contributed by atoms with E-state index < -0.39 is 22.0 Å². The lowest BCUT2D eigenvalue weighted by molar-refractivity contribution is -0.122. The Labute approximate surface area is 128 Å². The molecule has 1 heterocycles. The van der Waals surface area contributed by atoms with Crippen LogP contribution in [0.1, 0.15) is 6.42 Å². The number of carbonyl (C=O) groups is 1. The number of carbonyl (C=O) groups excluding carboxylic acids is 1. The van der Waals surface area contributed by atoms with Crippen LogP contribution in [-0.4, -0.2) is 50.4 Å². The summed E-state index contributed by atoms with van der Waals surface area (Å²) >= 11 is 5.71. The van der Waals surface area contributed by atoms with Crippen molar-refractivity contribution in [1.29, 1.82) is 0 Å². The van der Waals surface area contributed by atoms with E-state index in [4.69, 9.17) is 11.6 Å². The number of aliphatic hydroxyl groups excluding tert-OH is 1. The van der Waals surface area contributed by atoms with Crippen LogP contribution < -0.4 is 10.6 Å². The summed E-state index contributed by atoms with van der Waals surface area (Å²) in [4.78, 5) is 11.9. The number of rotatable bonds is 5. The quantitative estimate of drug-likeness (QED) is 0.703. The Balaban J connectivity index is 1.85. The summed E-state index contributed by atoms with van der Waals surface area (Å²) in [6.45, 7) is 0.402. The molecule has 1 aromatic rings. The van der Waals surface area contributed by atoms with Gasteiger partial charge < -0.3 is 15.7 Å². The fourth-order valence-electron chi connectivity index (χ4n) is 2.11. The maximum atomic E-state index is 12.0. The Hall–Kier alpha value is -1.15. The second-order valence-electron chi connectivity index (χ2n) is 4.91. The molecule has 2 atom stereocenters. The van der Waals surface area contributed by atoms with Crippen molar-refractivity contribution in [2.24, 2.45) is 0 Å². The average Bonchev–Trinajstić information content (AvgIpc) is 2.86. The van der Waals surface area contributed by atoms with Crippen molar-refractivity contribution in [3.63, 3.8) is 0 Å². The predicted molar refractivity (Wildman–Crippen MR) is 78.9 cm³/mol. The molecule has 1 aliphatic heterocycles. The first-order valence-electron chi connectivity index (χ1n) is 6.56. The molecule has 0 unspecified atom stereocenters. The first-order valence-corrected chi connectivity index (χ1v) is 8.59. The van der Waals surface area contributed by atoms with Crippen molar-refractivity contribution in [3.8, 4) is 0 Å². The van der Waals surface area contributed by atoms with Gasteiger partial charge in [-0.3, -0.25) is 4.79 Å². The summed E-state index contributed by atoms with van der Waals surface area (Å²) in [7, 11) is -3.45. The molecule has 1 amide bonds. The summed E-state index contributed by atoms with van der Waals surface area (Å²) in [6, 6.07) is 5.44. The maximum Gasteiger partial charge on any atom is 0.237 e. The highest BCUT2D eigenvalue weighted by Gasteiger charge is 2.28. The first kappa shape index (κ1) is 16.2. The predicted octanol–water partition coefficient (Wildman–Crippen LogP) is -0.0473. The van der Waals surface area contributed by atoms with Crippen molar-refractivity contribution in [2.75, 3.05) is 18.8 Å². The SMILES string of the molecule is O=C(NCCS(=O)(=O)c1ccc(Cl)cc1)[C@H]1C[C@@H](O)CN1. The van der Waals surface area contributed by atoms with E-state index in [9.17, 15) is 18.3 Å². The smallest absolute Gasteiger partial charge is 0.237 e. The average molecular weight is 333 g/mol. The van der Waals surface area contributed by atoms with Gasteiger partial charge in [-0.1, -0.05) is 11.6 Å². The molecule has 21 heavy (non-hydrogen) atoms. The van der Waals surface area contributed by atoms with Gasteiger partial charge >= 0.3 is 0 Å². The zero-order chi connectivity index (χ0) is 15.5. The van der Waals surface area contributed by atoms with Gasteiger partial charge in [0, 0.05) is 18.1 Å². The van der Waals surface area contributed by atoms with Gasteiger partial charge in [0.2, 0.25) is 5.91 Å². The molecule has 1 aromatic carbocycles. The van der Waals surface area contributed by atoms with Crippen molar-refractivity contribution >= 4 is 27.3 Å². The lowest BCUT2D eigenvalue weighted by Crippen LogP contribution is -2.42. The molecule has 8 heteroatoms. The molecule has 1 saturated heterocycles. The minimum absolute atomic E-state index is 0.0259. The molecule has 0 bridgehead atoms. The summed E-state index contributed by atoms with van der Waals surface area (Å²) in [5.74, 6) is -0.479. The number of benzene rings is 1. The molecule has 6 nitrogen and oxygen atoms in total. The fourth-order valence-corrected chi connectivity index (χ4v) is 3.39. The Morgan fingerprint density at radius 1 is 1.38 bits per heavy atom. The molecule has 3 N–H and O–H groups in total. The molecule has 0 spiro atoms. The van der Waals surface area contributed by atoms with Gasteiger partial charge in [-0.2, -0.15) is 0 Å². The third-order valence-corrected chi connectivity index (χ3v) is 5.25. The van der Waals surface area contributed by atoms with Crippen LogP contribution in [0, 0.1) is 0 Å². The Morgan fingerprint density at radius 2 is 2.05 bits per heavy atom. The van der Waals surface area contributed by atoms with Crippen LogP contribution in [0.4, 0.5) is 0 Å². The third-order valence-electron chi connectivity index (χ3n) is 3.27. The topological polar surface area (TPSA) is 95.5 Å². The number of hydrogen-bond donors (Lipinski definition) is 3. The van der Waals surface area contributed by atoms with Gasteiger partial charge in [-0.15, -0.1) is 0 Å². The zero-order valence-corrected chi connectivity index (χ0v) is 12.8. The van der Waals surface area contributed by atoms with Crippen LogP contribution in [0.15, 0.2) is 29.2 Å². The van der Waals surface area contributed by atoms with Gasteiger partial charge in [0.1, 0.15) is 0 Å². The molecule has 2 rings (SSSR count). The zero-order valence-electron chi connectivity index (χ0n) is 11.3. The Bertz CT molecular complexity index is 603. The fraction of sp³-hybridized carbons (Fsp3) is 0.462. The second-order valence-corrected chi connectivity index (χ2v) is 7.46. The molecule has 0 aromatic heterocycles. The van der Waals surface area contributed by atoms with Crippen LogP contribution in [-0.2, 0) is 14.6 Å². The number of amides is 1. The number of halogens is 1. The third kappa shape index (κ3) is 4.41. The minimum Gasteiger partial charge on any atom is -0.392 e. The van der Waals surface area contributed by atoms with Crippen LogP contribution in [0.2, 0.25) is 5.02 Å². The molecule has 1 aliphatic rings. The summed E-state index contributed by atoms with van der Waals surface area (Å²) in [5, 5.41) is 15.2. The number of sulfone groups is 1. The maximum absolute atomic E-state index is 12.0. The summed E-state index contributed by atoms with van der Waals surface area (Å²) < 4.78 is 24.1. The highest BCUT2D eigenvalue weighted by molar-refractivity contribution is 7.91. The van der Waals surface area contributed by atoms with E-state index >= 15 is 0 Å². The van der Waals surface area contributed by atoms with Crippen LogP contribution in [0.25, 0.3) is 0 Å². The monoisotopic (exact) mass is 332 g/mol. The van der Waals surface area contributed by atoms with Gasteiger partial charge in [-0.25, -0.2) is 8.42 Å². The van der Waals surface area contributed by atoms with Crippen molar-refractivity contribution < 1.29 is 18.3 Å². The summed E-state index contributed by atoms with van der Waals surface area (Å²) in [5.41, 5.74) is 0. The van der Waals surface area contributed by atoms with Crippen LogP contribution in [0.3, 0.4) is 0 Å². The van der Waals surface area contributed by atoms with Gasteiger partial charge in [0.25, 0.3) is 0 Å².